The summed E-state index contributed by atoms with van der Waals surface area (Å²) in [4.78, 5) is 13.5. The van der Waals surface area contributed by atoms with Crippen molar-refractivity contribution in [2.75, 3.05) is 18.0 Å². The minimum atomic E-state index is -0.323. The molecule has 4 heteroatoms. The van der Waals surface area contributed by atoms with E-state index in [1.165, 1.54) is 12.1 Å². The predicted molar refractivity (Wildman–Crippen MR) is 67.3 cm³/mol. The third-order valence-electron chi connectivity index (χ3n) is 2.58. The van der Waals surface area contributed by atoms with Crippen LogP contribution >= 0.6 is 0 Å². The van der Waals surface area contributed by atoms with Gasteiger partial charge < -0.3 is 10.6 Å². The highest BCUT2D eigenvalue weighted by molar-refractivity contribution is 5.93. The Morgan fingerprint density at radius 1 is 1.41 bits per heavy atom. The van der Waals surface area contributed by atoms with Gasteiger partial charge in [-0.3, -0.25) is 4.79 Å². The van der Waals surface area contributed by atoms with Crippen LogP contribution in [-0.2, 0) is 4.79 Å². The van der Waals surface area contributed by atoms with E-state index >= 15 is 0 Å². The van der Waals surface area contributed by atoms with Crippen molar-refractivity contribution in [3.63, 3.8) is 0 Å². The van der Waals surface area contributed by atoms with Gasteiger partial charge in [-0.2, -0.15) is 0 Å². The fourth-order valence-electron chi connectivity index (χ4n) is 1.70. The molecule has 0 fully saturated rings. The fraction of sp³-hybridized carbons (Fsp3) is 0.462. The number of unbranched alkanes of at least 4 members (excludes halogenated alkanes) is 1. The van der Waals surface area contributed by atoms with Crippen LogP contribution in [0.15, 0.2) is 24.3 Å². The third kappa shape index (κ3) is 4.15. The van der Waals surface area contributed by atoms with Gasteiger partial charge in [-0.15, -0.1) is 0 Å². The topological polar surface area (TPSA) is 46.3 Å². The molecule has 0 radical (unpaired) electrons. The minimum absolute atomic E-state index is 0.0200. The zero-order valence-electron chi connectivity index (χ0n) is 10.2. The molecule has 0 bridgehead atoms. The molecule has 1 amide bonds. The number of amides is 1. The zero-order valence-corrected chi connectivity index (χ0v) is 10.2. The van der Waals surface area contributed by atoms with Crippen LogP contribution in [0, 0.1) is 5.82 Å². The first-order valence-electron chi connectivity index (χ1n) is 5.95. The Balaban J connectivity index is 2.67. The number of rotatable bonds is 6. The number of benzene rings is 1. The molecule has 2 N–H and O–H groups in total. The summed E-state index contributed by atoms with van der Waals surface area (Å²) in [6.07, 6.45) is 2.08. The number of anilines is 1. The number of carbonyl (C=O) groups is 1. The van der Waals surface area contributed by atoms with Crippen LogP contribution in [-0.4, -0.2) is 19.0 Å². The van der Waals surface area contributed by atoms with E-state index in [1.54, 1.807) is 17.0 Å². The van der Waals surface area contributed by atoms with Crippen molar-refractivity contribution in [2.24, 2.45) is 5.73 Å². The molecule has 0 saturated carbocycles. The van der Waals surface area contributed by atoms with Gasteiger partial charge in [-0.05, 0) is 44.5 Å². The molecule has 0 aliphatic carbocycles. The van der Waals surface area contributed by atoms with Gasteiger partial charge in [0.1, 0.15) is 5.82 Å². The summed E-state index contributed by atoms with van der Waals surface area (Å²) in [5, 5.41) is 0. The molecular weight excluding hydrogens is 219 g/mol. The number of nitrogens with zero attached hydrogens (tertiary/aromatic N) is 1. The SMILES string of the molecule is CCN(C(=O)CCCCN)c1cccc(F)c1. The smallest absolute Gasteiger partial charge is 0.226 e. The van der Waals surface area contributed by atoms with Crippen LogP contribution in [0.2, 0.25) is 0 Å². The van der Waals surface area contributed by atoms with Gasteiger partial charge in [0.15, 0.2) is 0 Å². The molecule has 1 aromatic rings. The van der Waals surface area contributed by atoms with Crippen molar-refractivity contribution >= 4 is 11.6 Å². The van der Waals surface area contributed by atoms with E-state index in [0.29, 0.717) is 25.2 Å². The summed E-state index contributed by atoms with van der Waals surface area (Å²) >= 11 is 0. The average Bonchev–Trinajstić information content (AvgIpc) is 2.30. The predicted octanol–water partition coefficient (Wildman–Crippen LogP) is 2.31. The van der Waals surface area contributed by atoms with E-state index in [-0.39, 0.29) is 11.7 Å². The van der Waals surface area contributed by atoms with Crippen LogP contribution in [0.1, 0.15) is 26.2 Å². The Hall–Kier alpha value is -1.42. The Morgan fingerprint density at radius 2 is 2.18 bits per heavy atom. The molecular formula is C13H19FN2O. The van der Waals surface area contributed by atoms with E-state index < -0.39 is 0 Å². The number of nitrogens with two attached hydrogens (primary N) is 1. The van der Waals surface area contributed by atoms with Gasteiger partial charge in [-0.25, -0.2) is 4.39 Å². The van der Waals surface area contributed by atoms with Crippen molar-refractivity contribution in [1.82, 2.24) is 0 Å². The standard InChI is InChI=1S/C13H19FN2O/c1-2-16(13(17)8-3-4-9-15)12-7-5-6-11(14)10-12/h5-7,10H,2-4,8-9,15H2,1H3. The Kier molecular flexibility index (Phi) is 5.63. The zero-order chi connectivity index (χ0) is 12.7. The number of hydrogen-bond donors (Lipinski definition) is 1. The van der Waals surface area contributed by atoms with Crippen LogP contribution in [0.5, 0.6) is 0 Å². The molecule has 0 unspecified atom stereocenters. The van der Waals surface area contributed by atoms with Crippen LogP contribution in [0.25, 0.3) is 0 Å². The third-order valence-corrected chi connectivity index (χ3v) is 2.58. The first kappa shape index (κ1) is 13.6. The van der Waals surface area contributed by atoms with Crippen LogP contribution in [0.3, 0.4) is 0 Å². The molecule has 0 spiro atoms. The molecule has 0 saturated heterocycles. The fourth-order valence-corrected chi connectivity index (χ4v) is 1.70. The number of carbonyl (C=O) groups excluding carboxylic acids is 1. The van der Waals surface area contributed by atoms with Crippen LogP contribution < -0.4 is 10.6 Å². The van der Waals surface area contributed by atoms with Gasteiger partial charge in [0.25, 0.3) is 0 Å². The average molecular weight is 238 g/mol. The van der Waals surface area contributed by atoms with Crippen molar-refractivity contribution in [3.05, 3.63) is 30.1 Å². The summed E-state index contributed by atoms with van der Waals surface area (Å²) < 4.78 is 13.1. The molecule has 0 atom stereocenters. The summed E-state index contributed by atoms with van der Waals surface area (Å²) in [5.41, 5.74) is 6.00. The van der Waals surface area contributed by atoms with E-state index in [9.17, 15) is 9.18 Å². The maximum atomic E-state index is 13.1. The lowest BCUT2D eigenvalue weighted by Gasteiger charge is -2.21. The second-order valence-electron chi connectivity index (χ2n) is 3.86. The van der Waals surface area contributed by atoms with Crippen molar-refractivity contribution in [3.8, 4) is 0 Å². The lowest BCUT2D eigenvalue weighted by atomic mass is 10.2. The first-order chi connectivity index (χ1) is 8.19. The summed E-state index contributed by atoms with van der Waals surface area (Å²) in [7, 11) is 0. The summed E-state index contributed by atoms with van der Waals surface area (Å²) in [6, 6.07) is 6.11. The largest absolute Gasteiger partial charge is 0.330 e. The van der Waals surface area contributed by atoms with E-state index in [4.69, 9.17) is 5.73 Å². The highest BCUT2D eigenvalue weighted by Crippen LogP contribution is 2.16. The molecule has 0 aromatic heterocycles. The molecule has 17 heavy (non-hydrogen) atoms. The monoisotopic (exact) mass is 238 g/mol. The molecule has 0 heterocycles. The molecule has 3 nitrogen and oxygen atoms in total. The second-order valence-corrected chi connectivity index (χ2v) is 3.86. The van der Waals surface area contributed by atoms with Crippen LogP contribution in [0.4, 0.5) is 10.1 Å². The minimum Gasteiger partial charge on any atom is -0.330 e. The van der Waals surface area contributed by atoms with Crippen molar-refractivity contribution in [1.29, 1.82) is 0 Å². The highest BCUT2D eigenvalue weighted by Gasteiger charge is 2.13. The van der Waals surface area contributed by atoms with E-state index in [1.807, 2.05) is 6.92 Å². The molecule has 0 aliphatic rings. The number of halogens is 1. The summed E-state index contributed by atoms with van der Waals surface area (Å²) in [6.45, 7) is 3.02. The molecule has 0 aliphatic heterocycles. The van der Waals surface area contributed by atoms with Gasteiger partial charge in [0.05, 0.1) is 0 Å². The lowest BCUT2D eigenvalue weighted by Crippen LogP contribution is -2.30. The Bertz CT molecular complexity index is 368. The molecule has 1 aromatic carbocycles. The van der Waals surface area contributed by atoms with Crippen molar-refractivity contribution in [2.45, 2.75) is 26.2 Å². The van der Waals surface area contributed by atoms with E-state index in [2.05, 4.69) is 0 Å². The Morgan fingerprint density at radius 3 is 2.76 bits per heavy atom. The lowest BCUT2D eigenvalue weighted by molar-refractivity contribution is -0.118. The molecule has 1 rings (SSSR count). The second kappa shape index (κ2) is 7.01. The van der Waals surface area contributed by atoms with Gasteiger partial charge in [0, 0.05) is 18.7 Å². The van der Waals surface area contributed by atoms with Gasteiger partial charge in [0.2, 0.25) is 5.91 Å². The van der Waals surface area contributed by atoms with E-state index in [0.717, 1.165) is 12.8 Å². The number of hydrogen-bond acceptors (Lipinski definition) is 2. The normalized spacial score (nSPS) is 10.3. The highest BCUT2D eigenvalue weighted by atomic mass is 19.1. The summed E-state index contributed by atoms with van der Waals surface area (Å²) in [5.74, 6) is -0.303. The van der Waals surface area contributed by atoms with Crippen molar-refractivity contribution < 1.29 is 9.18 Å². The van der Waals surface area contributed by atoms with Gasteiger partial charge >= 0.3 is 0 Å². The Labute approximate surface area is 101 Å². The quantitative estimate of drug-likeness (QED) is 0.773. The first-order valence-corrected chi connectivity index (χ1v) is 5.95. The maximum Gasteiger partial charge on any atom is 0.226 e. The van der Waals surface area contributed by atoms with Gasteiger partial charge in [-0.1, -0.05) is 6.07 Å². The molecule has 94 valence electrons. The maximum absolute atomic E-state index is 13.1.